The lowest BCUT2D eigenvalue weighted by molar-refractivity contribution is 0.339. The van der Waals surface area contributed by atoms with Crippen LogP contribution >= 0.6 is 0 Å². The fourth-order valence-electron chi connectivity index (χ4n) is 2.37. The van der Waals surface area contributed by atoms with Gasteiger partial charge in [-0.25, -0.2) is 0 Å². The number of hydrogen-bond donors (Lipinski definition) is 0. The van der Waals surface area contributed by atoms with Gasteiger partial charge in [0.05, 0.1) is 5.71 Å². The third kappa shape index (κ3) is 5.39. The maximum Gasteiger partial charge on any atom is 0.358 e. The van der Waals surface area contributed by atoms with E-state index in [4.69, 9.17) is 4.28 Å². The van der Waals surface area contributed by atoms with E-state index >= 15 is 0 Å². The molecule has 2 aromatic rings. The fraction of sp³-hybridized carbons (Fsp3) is 0.368. The SMILES string of the molecule is CC(=NOS(=O)(=O)c1ccc(C)cc1)c1cc(C)nc(CC(C)C)c1. The first kappa shape index (κ1) is 19.1. The third-order valence-electron chi connectivity index (χ3n) is 3.62. The predicted octanol–water partition coefficient (Wildman–Crippen LogP) is 4.03. The van der Waals surface area contributed by atoms with Crippen molar-refractivity contribution in [3.63, 3.8) is 0 Å². The first-order valence-electron chi connectivity index (χ1n) is 8.20. The summed E-state index contributed by atoms with van der Waals surface area (Å²) < 4.78 is 29.3. The van der Waals surface area contributed by atoms with E-state index < -0.39 is 10.1 Å². The zero-order chi connectivity index (χ0) is 18.6. The van der Waals surface area contributed by atoms with E-state index in [1.807, 2.05) is 26.0 Å². The third-order valence-corrected chi connectivity index (χ3v) is 4.74. The smallest absolute Gasteiger partial charge is 0.265 e. The van der Waals surface area contributed by atoms with Crippen molar-refractivity contribution in [2.75, 3.05) is 0 Å². The molecule has 0 saturated heterocycles. The summed E-state index contributed by atoms with van der Waals surface area (Å²) in [7, 11) is -3.92. The normalized spacial score (nSPS) is 12.5. The Kier molecular flexibility index (Phi) is 5.95. The van der Waals surface area contributed by atoms with Gasteiger partial charge in [-0.1, -0.05) is 36.7 Å². The van der Waals surface area contributed by atoms with Crippen molar-refractivity contribution in [1.82, 2.24) is 4.98 Å². The molecule has 0 bridgehead atoms. The standard InChI is InChI=1S/C19H24N2O3S/c1-13(2)10-18-12-17(11-15(4)20-18)16(5)21-24-25(22,23)19-8-6-14(3)7-9-19/h6-9,11-13H,10H2,1-5H3. The van der Waals surface area contributed by atoms with Crippen molar-refractivity contribution in [1.29, 1.82) is 0 Å². The van der Waals surface area contributed by atoms with Gasteiger partial charge in [-0.3, -0.25) is 9.27 Å². The number of aromatic nitrogens is 1. The summed E-state index contributed by atoms with van der Waals surface area (Å²) in [5.74, 6) is 0.484. The van der Waals surface area contributed by atoms with Gasteiger partial charge in [0, 0.05) is 17.0 Å². The zero-order valence-electron chi connectivity index (χ0n) is 15.3. The highest BCUT2D eigenvalue weighted by Crippen LogP contribution is 2.15. The molecular weight excluding hydrogens is 336 g/mol. The Morgan fingerprint density at radius 1 is 1.16 bits per heavy atom. The van der Waals surface area contributed by atoms with Crippen LogP contribution in [0, 0.1) is 19.8 Å². The largest absolute Gasteiger partial charge is 0.358 e. The molecule has 1 aromatic heterocycles. The topological polar surface area (TPSA) is 68.6 Å². The van der Waals surface area contributed by atoms with Crippen LogP contribution in [0.1, 0.15) is 43.3 Å². The highest BCUT2D eigenvalue weighted by Gasteiger charge is 2.16. The van der Waals surface area contributed by atoms with E-state index in [1.165, 1.54) is 12.1 Å². The summed E-state index contributed by atoms with van der Waals surface area (Å²) in [5.41, 5.74) is 4.10. The van der Waals surface area contributed by atoms with Crippen LogP contribution in [0.4, 0.5) is 0 Å². The van der Waals surface area contributed by atoms with Crippen LogP contribution in [0.5, 0.6) is 0 Å². The zero-order valence-corrected chi connectivity index (χ0v) is 16.1. The number of rotatable bonds is 6. The molecule has 0 saturated carbocycles. The Morgan fingerprint density at radius 3 is 2.40 bits per heavy atom. The van der Waals surface area contributed by atoms with Crippen LogP contribution in [0.15, 0.2) is 46.4 Å². The molecule has 6 heteroatoms. The predicted molar refractivity (Wildman–Crippen MR) is 99.2 cm³/mol. The molecule has 0 aliphatic carbocycles. The molecule has 5 nitrogen and oxygen atoms in total. The Morgan fingerprint density at radius 2 is 1.80 bits per heavy atom. The van der Waals surface area contributed by atoms with E-state index in [0.717, 1.165) is 28.9 Å². The molecule has 0 spiro atoms. The number of nitrogens with zero attached hydrogens (tertiary/aromatic N) is 2. The Hall–Kier alpha value is -2.21. The van der Waals surface area contributed by atoms with E-state index in [0.29, 0.717) is 11.6 Å². The van der Waals surface area contributed by atoms with Crippen LogP contribution in [-0.2, 0) is 20.8 Å². The summed E-state index contributed by atoms with van der Waals surface area (Å²) in [4.78, 5) is 4.59. The average Bonchev–Trinajstić information content (AvgIpc) is 2.52. The molecule has 1 aromatic carbocycles. The minimum Gasteiger partial charge on any atom is -0.265 e. The molecule has 2 rings (SSSR count). The molecule has 0 unspecified atom stereocenters. The summed E-state index contributed by atoms with van der Waals surface area (Å²) >= 11 is 0. The molecule has 0 N–H and O–H groups in total. The van der Waals surface area contributed by atoms with E-state index in [1.54, 1.807) is 19.1 Å². The van der Waals surface area contributed by atoms with Gasteiger partial charge in [-0.2, -0.15) is 8.42 Å². The molecule has 0 aliphatic rings. The molecule has 0 aliphatic heterocycles. The molecule has 0 fully saturated rings. The Bertz CT molecular complexity index is 870. The number of benzene rings is 1. The summed E-state index contributed by atoms with van der Waals surface area (Å²) in [5, 5.41) is 3.83. The van der Waals surface area contributed by atoms with E-state index in [2.05, 4.69) is 24.0 Å². The molecule has 0 radical (unpaired) electrons. The first-order valence-corrected chi connectivity index (χ1v) is 9.61. The number of aryl methyl sites for hydroxylation is 2. The van der Waals surface area contributed by atoms with Crippen LogP contribution in [0.3, 0.4) is 0 Å². The van der Waals surface area contributed by atoms with Gasteiger partial charge >= 0.3 is 10.1 Å². The van der Waals surface area contributed by atoms with Crippen molar-refractivity contribution < 1.29 is 12.7 Å². The Balaban J connectivity index is 2.23. The van der Waals surface area contributed by atoms with Crippen LogP contribution in [0.2, 0.25) is 0 Å². The maximum atomic E-state index is 12.2. The minimum absolute atomic E-state index is 0.0843. The van der Waals surface area contributed by atoms with Crippen molar-refractivity contribution in [2.45, 2.75) is 45.9 Å². The second kappa shape index (κ2) is 7.78. The van der Waals surface area contributed by atoms with Gasteiger partial charge in [0.25, 0.3) is 0 Å². The Labute approximate surface area is 149 Å². The average molecular weight is 360 g/mol. The van der Waals surface area contributed by atoms with Gasteiger partial charge in [0.2, 0.25) is 0 Å². The van der Waals surface area contributed by atoms with Gasteiger partial charge in [-0.05, 0) is 57.4 Å². The van der Waals surface area contributed by atoms with Crippen molar-refractivity contribution in [2.24, 2.45) is 11.1 Å². The quantitative estimate of drug-likeness (QED) is 0.576. The monoisotopic (exact) mass is 360 g/mol. The van der Waals surface area contributed by atoms with Crippen LogP contribution < -0.4 is 0 Å². The lowest BCUT2D eigenvalue weighted by atomic mass is 10.0. The van der Waals surface area contributed by atoms with Crippen molar-refractivity contribution >= 4 is 15.8 Å². The lowest BCUT2D eigenvalue weighted by Crippen LogP contribution is -2.07. The maximum absolute atomic E-state index is 12.2. The number of hydrogen-bond acceptors (Lipinski definition) is 5. The van der Waals surface area contributed by atoms with Gasteiger partial charge in [0.1, 0.15) is 4.90 Å². The molecule has 0 amide bonds. The molecule has 25 heavy (non-hydrogen) atoms. The van der Waals surface area contributed by atoms with Crippen molar-refractivity contribution in [3.8, 4) is 0 Å². The van der Waals surface area contributed by atoms with E-state index in [-0.39, 0.29) is 4.90 Å². The number of oxime groups is 1. The van der Waals surface area contributed by atoms with Crippen LogP contribution in [0.25, 0.3) is 0 Å². The highest BCUT2D eigenvalue weighted by molar-refractivity contribution is 7.86. The van der Waals surface area contributed by atoms with Gasteiger partial charge in [-0.15, -0.1) is 0 Å². The molecular formula is C19H24N2O3S. The molecule has 134 valence electrons. The fourth-order valence-corrected chi connectivity index (χ4v) is 3.14. The molecule has 0 atom stereocenters. The summed E-state index contributed by atoms with van der Waals surface area (Å²) in [6.45, 7) is 9.77. The van der Waals surface area contributed by atoms with Crippen molar-refractivity contribution in [3.05, 3.63) is 58.9 Å². The van der Waals surface area contributed by atoms with Gasteiger partial charge < -0.3 is 0 Å². The summed E-state index contributed by atoms with van der Waals surface area (Å²) in [6, 6.07) is 10.2. The highest BCUT2D eigenvalue weighted by atomic mass is 32.2. The summed E-state index contributed by atoms with van der Waals surface area (Å²) in [6.07, 6.45) is 0.852. The molecule has 1 heterocycles. The lowest BCUT2D eigenvalue weighted by Gasteiger charge is -2.09. The minimum atomic E-state index is -3.92. The number of pyridine rings is 1. The second-order valence-corrected chi connectivity index (χ2v) is 8.13. The van der Waals surface area contributed by atoms with Crippen LogP contribution in [-0.4, -0.2) is 19.1 Å². The van der Waals surface area contributed by atoms with Gasteiger partial charge in [0.15, 0.2) is 0 Å². The first-order chi connectivity index (χ1) is 11.7. The van der Waals surface area contributed by atoms with E-state index in [9.17, 15) is 8.42 Å². The second-order valence-electron chi connectivity index (χ2n) is 6.60.